The number of alkyl halides is 1. The first-order valence-electron chi connectivity index (χ1n) is 12.9. The third-order valence-electron chi connectivity index (χ3n) is 6.35. The molecule has 1 atom stereocenters. The molecule has 0 fully saturated rings. The highest BCUT2D eigenvalue weighted by Crippen LogP contribution is 2.31. The number of nitrogens with one attached hydrogen (secondary N) is 1. The van der Waals surface area contributed by atoms with Gasteiger partial charge >= 0.3 is 5.69 Å². The Labute approximate surface area is 235 Å². The first kappa shape index (κ1) is 29.2. The molecule has 40 heavy (non-hydrogen) atoms. The van der Waals surface area contributed by atoms with Crippen molar-refractivity contribution >= 4 is 28.6 Å². The Morgan fingerprint density at radius 3 is 2.65 bits per heavy atom. The van der Waals surface area contributed by atoms with E-state index in [0.717, 1.165) is 11.1 Å². The highest BCUT2D eigenvalue weighted by molar-refractivity contribution is 6.31. The molecular formula is C28H32ClF2N7O2. The number of fused-ring (bicyclic) bond motifs is 1. The average molecular weight is 572 g/mol. The number of halogens is 3. The molecule has 2 aromatic heterocycles. The van der Waals surface area contributed by atoms with Crippen molar-refractivity contribution in [3.8, 4) is 16.9 Å². The molecule has 2 aromatic carbocycles. The van der Waals surface area contributed by atoms with E-state index < -0.39 is 24.2 Å². The number of rotatable bonds is 13. The Morgan fingerprint density at radius 1 is 1.15 bits per heavy atom. The van der Waals surface area contributed by atoms with Crippen molar-refractivity contribution in [2.75, 3.05) is 19.8 Å². The van der Waals surface area contributed by atoms with Crippen LogP contribution in [0.2, 0.25) is 5.02 Å². The Hall–Kier alpha value is -3.80. The summed E-state index contributed by atoms with van der Waals surface area (Å²) in [6, 6.07) is 11.8. The molecular weight excluding hydrogens is 540 g/mol. The zero-order valence-electron chi connectivity index (χ0n) is 21.9. The van der Waals surface area contributed by atoms with Crippen molar-refractivity contribution in [3.05, 3.63) is 81.1 Å². The fourth-order valence-corrected chi connectivity index (χ4v) is 4.52. The SMILES string of the molecule is NC(N)=NCCCOCc1ccc(-n2cc3cc(-c4cc(CCCC(N)CF)cc(Cl)c4F)[nH]c3nc2=O)cc1. The Kier molecular flexibility index (Phi) is 9.86. The van der Waals surface area contributed by atoms with Gasteiger partial charge in [-0.25, -0.2) is 13.6 Å². The van der Waals surface area contributed by atoms with Crippen LogP contribution >= 0.6 is 11.6 Å². The molecule has 0 aliphatic rings. The number of aromatic amines is 1. The van der Waals surface area contributed by atoms with E-state index in [-0.39, 0.29) is 16.5 Å². The van der Waals surface area contributed by atoms with Gasteiger partial charge in [0.1, 0.15) is 12.3 Å². The molecule has 12 heteroatoms. The maximum Gasteiger partial charge on any atom is 0.354 e. The van der Waals surface area contributed by atoms with Crippen LogP contribution in [0.15, 0.2) is 58.4 Å². The zero-order chi connectivity index (χ0) is 28.6. The lowest BCUT2D eigenvalue weighted by molar-refractivity contribution is 0.120. The van der Waals surface area contributed by atoms with Gasteiger partial charge in [0, 0.05) is 36.3 Å². The number of H-pyrrole nitrogens is 1. The van der Waals surface area contributed by atoms with Crippen LogP contribution in [0.1, 0.15) is 30.4 Å². The smallest absolute Gasteiger partial charge is 0.354 e. The summed E-state index contributed by atoms with van der Waals surface area (Å²) in [5.41, 5.74) is 19.2. The second-order valence-corrected chi connectivity index (χ2v) is 9.91. The Morgan fingerprint density at radius 2 is 1.93 bits per heavy atom. The molecule has 0 saturated heterocycles. The predicted octanol–water partition coefficient (Wildman–Crippen LogP) is 3.97. The maximum absolute atomic E-state index is 15.0. The largest absolute Gasteiger partial charge is 0.377 e. The molecule has 0 aliphatic carbocycles. The maximum atomic E-state index is 15.0. The number of aryl methyl sites for hydroxylation is 1. The minimum atomic E-state index is -0.583. The molecule has 0 spiro atoms. The highest BCUT2D eigenvalue weighted by atomic mass is 35.5. The molecule has 9 nitrogen and oxygen atoms in total. The van der Waals surface area contributed by atoms with Gasteiger partial charge in [-0.1, -0.05) is 23.7 Å². The standard InChI is InChI=1S/C28H32ClF2N7O2/c29-23-12-18(3-1-4-20(32)14-30)11-22(25(23)31)24-13-19-15-38(28(39)37-26(19)36-24)21-7-5-17(6-8-21)16-40-10-2-9-35-27(33)34/h5-8,11-13,15,20H,1-4,9-10,14,16,32H2,(H4,33,34,35)(H,36,37,39). The number of guanidine groups is 1. The molecule has 0 bridgehead atoms. The van der Waals surface area contributed by atoms with Crippen LogP contribution in [0, 0.1) is 5.82 Å². The second kappa shape index (κ2) is 13.5. The van der Waals surface area contributed by atoms with Gasteiger partial charge in [-0.3, -0.25) is 9.56 Å². The first-order chi connectivity index (χ1) is 19.2. The predicted molar refractivity (Wildman–Crippen MR) is 154 cm³/mol. The van der Waals surface area contributed by atoms with Crippen molar-refractivity contribution in [2.45, 2.75) is 38.3 Å². The molecule has 4 rings (SSSR count). The van der Waals surface area contributed by atoms with Crippen molar-refractivity contribution < 1.29 is 13.5 Å². The third-order valence-corrected chi connectivity index (χ3v) is 6.62. The number of aliphatic imine (C=N–C) groups is 1. The van der Waals surface area contributed by atoms with Gasteiger partial charge < -0.3 is 26.9 Å². The lowest BCUT2D eigenvalue weighted by Crippen LogP contribution is -2.23. The van der Waals surface area contributed by atoms with Crippen molar-refractivity contribution in [2.24, 2.45) is 22.2 Å². The molecule has 7 N–H and O–H groups in total. The van der Waals surface area contributed by atoms with E-state index in [1.807, 2.05) is 12.1 Å². The van der Waals surface area contributed by atoms with Crippen LogP contribution in [0.5, 0.6) is 0 Å². The number of nitrogens with two attached hydrogens (primary N) is 3. The lowest BCUT2D eigenvalue weighted by Gasteiger charge is -2.09. The molecule has 0 radical (unpaired) electrons. The minimum absolute atomic E-state index is 0.0219. The summed E-state index contributed by atoms with van der Waals surface area (Å²) >= 11 is 6.18. The van der Waals surface area contributed by atoms with Gasteiger partial charge in [0.2, 0.25) is 0 Å². The van der Waals surface area contributed by atoms with E-state index in [2.05, 4.69) is 15.0 Å². The Balaban J connectivity index is 1.50. The fraction of sp³-hybridized carbons (Fsp3) is 0.321. The summed E-state index contributed by atoms with van der Waals surface area (Å²) in [5, 5.41) is 0.601. The van der Waals surface area contributed by atoms with Crippen LogP contribution in [0.3, 0.4) is 0 Å². The first-order valence-corrected chi connectivity index (χ1v) is 13.3. The van der Waals surface area contributed by atoms with E-state index >= 15 is 4.39 Å². The highest BCUT2D eigenvalue weighted by Gasteiger charge is 2.16. The van der Waals surface area contributed by atoms with Crippen LogP contribution in [0.25, 0.3) is 28.0 Å². The number of benzene rings is 2. The molecule has 0 saturated carbocycles. The quantitative estimate of drug-likeness (QED) is 0.108. The zero-order valence-corrected chi connectivity index (χ0v) is 22.6. The van der Waals surface area contributed by atoms with Crippen molar-refractivity contribution in [3.63, 3.8) is 0 Å². The topological polar surface area (TPSA) is 150 Å². The van der Waals surface area contributed by atoms with Crippen LogP contribution < -0.4 is 22.9 Å². The summed E-state index contributed by atoms with van der Waals surface area (Å²) in [7, 11) is 0. The third kappa shape index (κ3) is 7.44. The second-order valence-electron chi connectivity index (χ2n) is 9.51. The summed E-state index contributed by atoms with van der Waals surface area (Å²) in [4.78, 5) is 23.9. The normalized spacial score (nSPS) is 12.1. The van der Waals surface area contributed by atoms with Gasteiger partial charge in [-0.2, -0.15) is 4.98 Å². The average Bonchev–Trinajstić information content (AvgIpc) is 3.34. The number of hydrogen-bond donors (Lipinski definition) is 4. The van der Waals surface area contributed by atoms with E-state index in [0.29, 0.717) is 67.9 Å². The van der Waals surface area contributed by atoms with Gasteiger partial charge in [-0.05, 0) is 67.1 Å². The van der Waals surface area contributed by atoms with E-state index in [9.17, 15) is 9.18 Å². The molecule has 4 aromatic rings. The molecule has 0 amide bonds. The lowest BCUT2D eigenvalue weighted by atomic mass is 10.0. The minimum Gasteiger partial charge on any atom is -0.377 e. The molecule has 0 aliphatic heterocycles. The summed E-state index contributed by atoms with van der Waals surface area (Å²) in [5.74, 6) is -0.523. The Bertz CT molecular complexity index is 1530. The summed E-state index contributed by atoms with van der Waals surface area (Å²) in [6.07, 6.45) is 4.08. The van der Waals surface area contributed by atoms with E-state index in [1.54, 1.807) is 36.5 Å². The number of aromatic nitrogens is 3. The number of ether oxygens (including phenoxy) is 1. The summed E-state index contributed by atoms with van der Waals surface area (Å²) in [6.45, 7) is 0.838. The van der Waals surface area contributed by atoms with Crippen LogP contribution in [-0.2, 0) is 17.8 Å². The van der Waals surface area contributed by atoms with Gasteiger partial charge in [-0.15, -0.1) is 0 Å². The molecule has 2 heterocycles. The fourth-order valence-electron chi connectivity index (χ4n) is 4.27. The van der Waals surface area contributed by atoms with Gasteiger partial charge in [0.25, 0.3) is 0 Å². The van der Waals surface area contributed by atoms with Crippen molar-refractivity contribution in [1.82, 2.24) is 14.5 Å². The van der Waals surface area contributed by atoms with Gasteiger partial charge in [0.15, 0.2) is 11.8 Å². The molecule has 1 unspecified atom stereocenters. The van der Waals surface area contributed by atoms with Crippen LogP contribution in [0.4, 0.5) is 8.78 Å². The van der Waals surface area contributed by atoms with E-state index in [4.69, 9.17) is 33.5 Å². The monoisotopic (exact) mass is 571 g/mol. The number of hydrogen-bond acceptors (Lipinski definition) is 5. The van der Waals surface area contributed by atoms with Crippen LogP contribution in [-0.4, -0.2) is 46.4 Å². The number of nitrogens with zero attached hydrogens (tertiary/aromatic N) is 3. The van der Waals surface area contributed by atoms with E-state index in [1.165, 1.54) is 4.57 Å². The van der Waals surface area contributed by atoms with Gasteiger partial charge in [0.05, 0.1) is 23.0 Å². The molecule has 212 valence electrons. The summed E-state index contributed by atoms with van der Waals surface area (Å²) < 4.78 is 34.7. The van der Waals surface area contributed by atoms with Crippen molar-refractivity contribution in [1.29, 1.82) is 0 Å².